The Kier molecular flexibility index (Phi) is 6.78. The quantitative estimate of drug-likeness (QED) is 0.834. The maximum atomic E-state index is 12.4. The normalized spacial score (nSPS) is 17.0. The van der Waals surface area contributed by atoms with Crippen molar-refractivity contribution >= 4 is 18.3 Å². The van der Waals surface area contributed by atoms with Gasteiger partial charge in [0.1, 0.15) is 0 Å². The summed E-state index contributed by atoms with van der Waals surface area (Å²) in [6.07, 6.45) is 3.00. The van der Waals surface area contributed by atoms with Gasteiger partial charge in [-0.3, -0.25) is 4.79 Å². The minimum Gasteiger partial charge on any atom is -0.350 e. The van der Waals surface area contributed by atoms with Crippen LogP contribution in [-0.2, 0) is 6.42 Å². The summed E-state index contributed by atoms with van der Waals surface area (Å²) in [6.45, 7) is 8.06. The van der Waals surface area contributed by atoms with Crippen molar-refractivity contribution in [1.82, 2.24) is 20.8 Å². The van der Waals surface area contributed by atoms with Crippen molar-refractivity contribution in [3.05, 3.63) is 35.7 Å². The van der Waals surface area contributed by atoms with E-state index < -0.39 is 0 Å². The Labute approximate surface area is 160 Å². The Hall–Kier alpha value is -1.92. The fraction of sp³-hybridized carbons (Fsp3) is 0.526. The fourth-order valence-electron chi connectivity index (χ4n) is 2.95. The summed E-state index contributed by atoms with van der Waals surface area (Å²) < 4.78 is 5.34. The molecular weight excluding hydrogens is 352 g/mol. The van der Waals surface area contributed by atoms with Crippen LogP contribution in [0.3, 0.4) is 0 Å². The molecule has 142 valence electrons. The van der Waals surface area contributed by atoms with Gasteiger partial charge in [0.15, 0.2) is 0 Å². The van der Waals surface area contributed by atoms with E-state index >= 15 is 0 Å². The van der Waals surface area contributed by atoms with Gasteiger partial charge in [-0.05, 0) is 36.9 Å². The van der Waals surface area contributed by atoms with Gasteiger partial charge >= 0.3 is 0 Å². The molecule has 2 aromatic rings. The molecule has 0 saturated carbocycles. The van der Waals surface area contributed by atoms with Gasteiger partial charge in [-0.15, -0.1) is 12.4 Å². The Morgan fingerprint density at radius 1 is 1.38 bits per heavy atom. The van der Waals surface area contributed by atoms with Crippen LogP contribution in [0.5, 0.6) is 0 Å². The number of nitrogens with one attached hydrogen (secondary N) is 2. The lowest BCUT2D eigenvalue weighted by molar-refractivity contribution is 0.0950. The van der Waals surface area contributed by atoms with Crippen molar-refractivity contribution in [2.75, 3.05) is 13.1 Å². The molecule has 1 aliphatic rings. The minimum absolute atomic E-state index is 0. The number of carbonyl (C=O) groups excluding carboxylic acids is 1. The van der Waals surface area contributed by atoms with Crippen LogP contribution in [0, 0.1) is 5.41 Å². The second-order valence-electron chi connectivity index (χ2n) is 7.83. The van der Waals surface area contributed by atoms with Crippen LogP contribution in [0.2, 0.25) is 0 Å². The number of aromatic nitrogens is 2. The summed E-state index contributed by atoms with van der Waals surface area (Å²) in [6, 6.07) is 7.73. The van der Waals surface area contributed by atoms with Gasteiger partial charge in [-0.1, -0.05) is 38.1 Å². The topological polar surface area (TPSA) is 80.0 Å². The molecule has 2 N–H and O–H groups in total. The van der Waals surface area contributed by atoms with Crippen LogP contribution in [0.4, 0.5) is 0 Å². The van der Waals surface area contributed by atoms with Gasteiger partial charge in [0.25, 0.3) is 5.91 Å². The van der Waals surface area contributed by atoms with Gasteiger partial charge in [-0.2, -0.15) is 4.98 Å². The Bertz CT molecular complexity index is 733. The molecule has 3 rings (SSSR count). The third kappa shape index (κ3) is 5.54. The molecule has 1 fully saturated rings. The van der Waals surface area contributed by atoms with E-state index in [1.54, 1.807) is 6.07 Å². The van der Waals surface area contributed by atoms with E-state index in [1.165, 1.54) is 6.42 Å². The molecule has 0 spiro atoms. The number of hydrogen-bond donors (Lipinski definition) is 2. The average molecular weight is 379 g/mol. The van der Waals surface area contributed by atoms with E-state index in [9.17, 15) is 4.79 Å². The zero-order valence-corrected chi connectivity index (χ0v) is 16.4. The van der Waals surface area contributed by atoms with Crippen molar-refractivity contribution in [2.24, 2.45) is 5.41 Å². The summed E-state index contributed by atoms with van der Waals surface area (Å²) in [5, 5.41) is 10.4. The maximum Gasteiger partial charge on any atom is 0.251 e. The van der Waals surface area contributed by atoms with Gasteiger partial charge in [-0.25, -0.2) is 0 Å². The highest BCUT2D eigenvalue weighted by molar-refractivity contribution is 5.95. The third-order valence-corrected chi connectivity index (χ3v) is 4.20. The molecule has 1 aromatic carbocycles. The maximum absolute atomic E-state index is 12.4. The highest BCUT2D eigenvalue weighted by atomic mass is 35.5. The smallest absolute Gasteiger partial charge is 0.251 e. The summed E-state index contributed by atoms with van der Waals surface area (Å²) in [7, 11) is 0. The molecule has 2 heterocycles. The summed E-state index contributed by atoms with van der Waals surface area (Å²) in [5.74, 6) is 1.06. The fourth-order valence-corrected chi connectivity index (χ4v) is 2.95. The third-order valence-electron chi connectivity index (χ3n) is 4.20. The molecule has 0 aliphatic carbocycles. The minimum atomic E-state index is -0.0750. The van der Waals surface area contributed by atoms with Crippen LogP contribution >= 0.6 is 12.4 Å². The lowest BCUT2D eigenvalue weighted by Gasteiger charge is -2.13. The molecule has 1 saturated heterocycles. The van der Waals surface area contributed by atoms with Gasteiger partial charge in [0, 0.05) is 30.1 Å². The number of nitrogens with zero attached hydrogens (tertiary/aromatic N) is 2. The van der Waals surface area contributed by atoms with Crippen molar-refractivity contribution in [3.63, 3.8) is 0 Å². The first-order valence-electron chi connectivity index (χ1n) is 8.85. The van der Waals surface area contributed by atoms with E-state index in [1.807, 2.05) is 18.2 Å². The number of carbonyl (C=O) groups is 1. The molecule has 26 heavy (non-hydrogen) atoms. The first-order chi connectivity index (χ1) is 11.9. The SMILES string of the molecule is CC(C)(C)Cc1nc(-c2cccc(C(=O)NCC3CCCN3)c2)no1.Cl. The zero-order chi connectivity index (χ0) is 17.9. The molecule has 0 bridgehead atoms. The van der Waals surface area contributed by atoms with Crippen molar-refractivity contribution < 1.29 is 9.32 Å². The highest BCUT2D eigenvalue weighted by Gasteiger charge is 2.18. The van der Waals surface area contributed by atoms with Gasteiger partial charge in [0.2, 0.25) is 11.7 Å². The summed E-state index contributed by atoms with van der Waals surface area (Å²) in [4.78, 5) is 16.8. The lowest BCUT2D eigenvalue weighted by atomic mass is 9.92. The number of amides is 1. The molecule has 1 aromatic heterocycles. The molecule has 1 atom stereocenters. The molecule has 7 heteroatoms. The zero-order valence-electron chi connectivity index (χ0n) is 15.5. The van der Waals surface area contributed by atoms with Crippen LogP contribution in [0.15, 0.2) is 28.8 Å². The predicted molar refractivity (Wildman–Crippen MR) is 103 cm³/mol. The average Bonchev–Trinajstić information content (AvgIpc) is 3.23. The second-order valence-corrected chi connectivity index (χ2v) is 7.83. The van der Waals surface area contributed by atoms with Gasteiger partial charge < -0.3 is 15.2 Å². The molecule has 1 amide bonds. The van der Waals surface area contributed by atoms with Crippen LogP contribution in [0.1, 0.15) is 49.9 Å². The van der Waals surface area contributed by atoms with E-state index in [-0.39, 0.29) is 23.7 Å². The lowest BCUT2D eigenvalue weighted by Crippen LogP contribution is -2.37. The van der Waals surface area contributed by atoms with Crippen LogP contribution in [0.25, 0.3) is 11.4 Å². The molecule has 1 unspecified atom stereocenters. The number of hydrogen-bond acceptors (Lipinski definition) is 5. The van der Waals surface area contributed by atoms with Gasteiger partial charge in [0.05, 0.1) is 0 Å². The number of halogens is 1. The predicted octanol–water partition coefficient (Wildman–Crippen LogP) is 3.23. The van der Waals surface area contributed by atoms with E-state index in [4.69, 9.17) is 4.52 Å². The summed E-state index contributed by atoms with van der Waals surface area (Å²) in [5.41, 5.74) is 1.48. The largest absolute Gasteiger partial charge is 0.350 e. The van der Waals surface area contributed by atoms with Crippen molar-refractivity contribution in [1.29, 1.82) is 0 Å². The van der Waals surface area contributed by atoms with E-state index in [2.05, 4.69) is 41.5 Å². The monoisotopic (exact) mass is 378 g/mol. The Balaban J connectivity index is 0.00000243. The van der Waals surface area contributed by atoms with E-state index in [0.717, 1.165) is 18.5 Å². The first kappa shape index (κ1) is 20.4. The number of rotatable bonds is 5. The second kappa shape index (κ2) is 8.64. The molecule has 1 aliphatic heterocycles. The molecule has 0 radical (unpaired) electrons. The molecule has 6 nitrogen and oxygen atoms in total. The Morgan fingerprint density at radius 2 is 2.19 bits per heavy atom. The van der Waals surface area contributed by atoms with E-state index in [0.29, 0.717) is 36.3 Å². The van der Waals surface area contributed by atoms with Crippen LogP contribution < -0.4 is 10.6 Å². The Morgan fingerprint density at radius 3 is 2.88 bits per heavy atom. The molecular formula is C19H27ClN4O2. The van der Waals surface area contributed by atoms with Crippen molar-refractivity contribution in [3.8, 4) is 11.4 Å². The van der Waals surface area contributed by atoms with Crippen molar-refractivity contribution in [2.45, 2.75) is 46.1 Å². The standard InChI is InChI=1S/C19H26N4O2.ClH/c1-19(2,3)11-16-22-17(23-25-16)13-6-4-7-14(10-13)18(24)21-12-15-8-5-9-20-15;/h4,6-7,10,15,20H,5,8-9,11-12H2,1-3H3,(H,21,24);1H. The number of benzene rings is 1. The highest BCUT2D eigenvalue weighted by Crippen LogP contribution is 2.22. The first-order valence-corrected chi connectivity index (χ1v) is 8.85. The summed E-state index contributed by atoms with van der Waals surface area (Å²) >= 11 is 0. The van der Waals surface area contributed by atoms with Crippen LogP contribution in [-0.4, -0.2) is 35.2 Å².